The summed E-state index contributed by atoms with van der Waals surface area (Å²) in [6, 6.07) is 31.0. The molecule has 3 aromatic carbocycles. The fourth-order valence-electron chi connectivity index (χ4n) is 7.46. The van der Waals surface area contributed by atoms with E-state index in [9.17, 15) is 4.79 Å². The van der Waals surface area contributed by atoms with Gasteiger partial charge < -0.3 is 24.0 Å². The van der Waals surface area contributed by atoms with Crippen molar-refractivity contribution in [1.82, 2.24) is 24.6 Å². The minimum absolute atomic E-state index is 0.192. The summed E-state index contributed by atoms with van der Waals surface area (Å²) in [5.41, 5.74) is 5.60. The van der Waals surface area contributed by atoms with Crippen molar-refractivity contribution >= 4 is 22.7 Å². The second-order valence-electron chi connectivity index (χ2n) is 15.4. The number of amides is 1. The first-order chi connectivity index (χ1) is 25.6. The predicted octanol–water partition coefficient (Wildman–Crippen LogP) is 7.95. The zero-order valence-electron chi connectivity index (χ0n) is 31.7. The molecule has 0 radical (unpaired) electrons. The maximum absolute atomic E-state index is 12.6. The van der Waals surface area contributed by atoms with Gasteiger partial charge in [-0.1, -0.05) is 72.8 Å². The Morgan fingerprint density at radius 2 is 1.49 bits per heavy atom. The monoisotopic (exact) mass is 716 g/mol. The lowest BCUT2D eigenvalue weighted by Crippen LogP contribution is -2.54. The van der Waals surface area contributed by atoms with Gasteiger partial charge in [0.15, 0.2) is 0 Å². The Morgan fingerprint density at radius 1 is 0.811 bits per heavy atom. The lowest BCUT2D eigenvalue weighted by atomic mass is 9.95. The van der Waals surface area contributed by atoms with Gasteiger partial charge in [-0.25, -0.2) is 4.79 Å². The van der Waals surface area contributed by atoms with Gasteiger partial charge in [-0.15, -0.1) is 0 Å². The molecule has 2 saturated heterocycles. The van der Waals surface area contributed by atoms with E-state index in [4.69, 9.17) is 24.3 Å². The van der Waals surface area contributed by atoms with Crippen LogP contribution in [-0.4, -0.2) is 81.6 Å². The van der Waals surface area contributed by atoms with Gasteiger partial charge in [0.05, 0.1) is 16.8 Å². The Morgan fingerprint density at radius 3 is 2.15 bits per heavy atom. The fraction of sp³-hybridized carbons (Fsp3) is 0.419. The van der Waals surface area contributed by atoms with Crippen molar-refractivity contribution in [2.24, 2.45) is 13.0 Å². The Labute approximate surface area is 313 Å². The van der Waals surface area contributed by atoms with Crippen molar-refractivity contribution in [1.29, 1.82) is 0 Å². The first-order valence-corrected chi connectivity index (χ1v) is 18.9. The number of piperidine rings is 1. The largest absolute Gasteiger partial charge is 0.473 e. The van der Waals surface area contributed by atoms with E-state index < -0.39 is 5.60 Å². The van der Waals surface area contributed by atoms with Gasteiger partial charge in [0.1, 0.15) is 24.5 Å². The number of hydrogen-bond donors (Lipinski definition) is 0. The van der Waals surface area contributed by atoms with Crippen LogP contribution in [0, 0.1) is 5.92 Å². The Bertz CT molecular complexity index is 1990. The molecule has 0 unspecified atom stereocenters. The number of aryl methyl sites for hydroxylation is 1. The minimum Gasteiger partial charge on any atom is -0.473 e. The van der Waals surface area contributed by atoms with Crippen molar-refractivity contribution < 1.29 is 19.0 Å². The number of aromatic nitrogens is 3. The zero-order valence-corrected chi connectivity index (χ0v) is 31.7. The van der Waals surface area contributed by atoms with Crippen LogP contribution in [0.25, 0.3) is 22.2 Å². The quantitative estimate of drug-likeness (QED) is 0.144. The first kappa shape index (κ1) is 36.3. The number of likely N-dealkylation sites (tertiary alicyclic amines) is 1. The van der Waals surface area contributed by atoms with E-state index in [0.717, 1.165) is 85.4 Å². The Kier molecular flexibility index (Phi) is 10.9. The van der Waals surface area contributed by atoms with E-state index in [0.29, 0.717) is 36.9 Å². The summed E-state index contributed by atoms with van der Waals surface area (Å²) >= 11 is 0. The van der Waals surface area contributed by atoms with Crippen LogP contribution in [0.2, 0.25) is 0 Å². The van der Waals surface area contributed by atoms with Gasteiger partial charge in [0.25, 0.3) is 0 Å². The highest BCUT2D eigenvalue weighted by Crippen LogP contribution is 2.39. The van der Waals surface area contributed by atoms with Gasteiger partial charge in [0.2, 0.25) is 11.8 Å². The van der Waals surface area contributed by atoms with E-state index in [-0.39, 0.29) is 6.09 Å². The number of para-hydroxylation sites is 1. The Balaban J connectivity index is 1.07. The number of benzene rings is 3. The molecule has 0 aliphatic carbocycles. The number of carbonyl (C=O) groups is 1. The first-order valence-electron chi connectivity index (χ1n) is 18.9. The smallest absolute Gasteiger partial charge is 0.410 e. The molecule has 10 nitrogen and oxygen atoms in total. The van der Waals surface area contributed by atoms with Crippen molar-refractivity contribution in [3.05, 3.63) is 102 Å². The molecule has 10 heteroatoms. The highest BCUT2D eigenvalue weighted by molar-refractivity contribution is 6.01. The van der Waals surface area contributed by atoms with E-state index in [1.165, 1.54) is 5.69 Å². The molecule has 53 heavy (non-hydrogen) atoms. The summed E-state index contributed by atoms with van der Waals surface area (Å²) in [4.78, 5) is 24.4. The minimum atomic E-state index is -0.467. The molecule has 0 spiro atoms. The molecule has 1 amide bonds. The van der Waals surface area contributed by atoms with Crippen molar-refractivity contribution in [2.75, 3.05) is 44.2 Å². The molecule has 0 bridgehead atoms. The SMILES string of the molecule is C[C@H]1CN(c2cccc3c(-c4ccc(OCc5ccccc5)nc4OCc4ccccc4)nn(C)c23)CCN1CC1CCN(C(=O)OC(C)(C)C)CC1. The summed E-state index contributed by atoms with van der Waals surface area (Å²) in [6.07, 6.45) is 1.83. The summed E-state index contributed by atoms with van der Waals surface area (Å²) in [5, 5.41) is 6.14. The number of nitrogens with zero attached hydrogens (tertiary/aromatic N) is 6. The lowest BCUT2D eigenvalue weighted by Gasteiger charge is -2.43. The van der Waals surface area contributed by atoms with E-state index in [2.05, 4.69) is 34.9 Å². The highest BCUT2D eigenvalue weighted by Gasteiger charge is 2.31. The fourth-order valence-corrected chi connectivity index (χ4v) is 7.46. The van der Waals surface area contributed by atoms with E-state index in [1.54, 1.807) is 0 Å². The summed E-state index contributed by atoms with van der Waals surface area (Å²) < 4.78 is 20.1. The van der Waals surface area contributed by atoms with E-state index in [1.807, 2.05) is 110 Å². The summed E-state index contributed by atoms with van der Waals surface area (Å²) in [5.74, 6) is 1.57. The van der Waals surface area contributed by atoms with Crippen LogP contribution < -0.4 is 14.4 Å². The molecule has 0 N–H and O–H groups in total. The third-order valence-corrected chi connectivity index (χ3v) is 10.2. The van der Waals surface area contributed by atoms with Crippen molar-refractivity contribution in [2.45, 2.75) is 65.4 Å². The summed E-state index contributed by atoms with van der Waals surface area (Å²) in [7, 11) is 2.02. The molecule has 7 rings (SSSR count). The zero-order chi connectivity index (χ0) is 37.0. The van der Waals surface area contributed by atoms with Gasteiger partial charge in [0, 0.05) is 63.8 Å². The van der Waals surface area contributed by atoms with Crippen LogP contribution in [-0.2, 0) is 25.0 Å². The standard InChI is InChI=1S/C43H52N6O4/c1-31-27-49(26-25-48(31)28-32-21-23-47(24-22-32)42(50)53-43(2,3)4)37-18-12-17-35-39(45-46(5)40(35)37)36-19-20-38(51-29-33-13-8-6-9-14-33)44-41(36)52-30-34-15-10-7-11-16-34/h6-20,31-32H,21-30H2,1-5H3/t31-/m0/s1. The molecule has 2 aromatic heterocycles. The highest BCUT2D eigenvalue weighted by atomic mass is 16.6. The molecule has 278 valence electrons. The number of fused-ring (bicyclic) bond motifs is 1. The number of ether oxygens (including phenoxy) is 3. The normalized spacial score (nSPS) is 17.3. The number of carbonyl (C=O) groups excluding carboxylic acids is 1. The van der Waals surface area contributed by atoms with Gasteiger partial charge >= 0.3 is 6.09 Å². The number of anilines is 1. The number of pyridine rings is 1. The van der Waals surface area contributed by atoms with Crippen LogP contribution in [0.15, 0.2) is 91.0 Å². The van der Waals surface area contributed by atoms with Crippen LogP contribution in [0.4, 0.5) is 10.5 Å². The second-order valence-corrected chi connectivity index (χ2v) is 15.4. The maximum Gasteiger partial charge on any atom is 0.410 e. The molecule has 4 heterocycles. The molecule has 2 aliphatic rings. The third-order valence-electron chi connectivity index (χ3n) is 10.2. The van der Waals surface area contributed by atoms with Crippen LogP contribution in [0.1, 0.15) is 51.7 Å². The molecule has 0 saturated carbocycles. The molecule has 5 aromatic rings. The molecule has 1 atom stereocenters. The topological polar surface area (TPSA) is 85.2 Å². The maximum atomic E-state index is 12.6. The average Bonchev–Trinajstić information content (AvgIpc) is 3.50. The summed E-state index contributed by atoms with van der Waals surface area (Å²) in [6.45, 7) is 14.3. The third kappa shape index (κ3) is 8.76. The van der Waals surface area contributed by atoms with E-state index >= 15 is 0 Å². The van der Waals surface area contributed by atoms with Gasteiger partial charge in [-0.05, 0) is 69.7 Å². The Hall–Kier alpha value is -5.09. The lowest BCUT2D eigenvalue weighted by molar-refractivity contribution is 0.0161. The molecular weight excluding hydrogens is 665 g/mol. The van der Waals surface area contributed by atoms with Crippen LogP contribution >= 0.6 is 0 Å². The molecular formula is C43H52N6O4. The molecule has 2 fully saturated rings. The van der Waals surface area contributed by atoms with Crippen molar-refractivity contribution in [3.8, 4) is 23.0 Å². The van der Waals surface area contributed by atoms with Crippen LogP contribution in [0.5, 0.6) is 11.8 Å². The van der Waals surface area contributed by atoms with Crippen LogP contribution in [0.3, 0.4) is 0 Å². The van der Waals surface area contributed by atoms with Crippen molar-refractivity contribution in [3.63, 3.8) is 0 Å². The van der Waals surface area contributed by atoms with Gasteiger partial charge in [-0.3, -0.25) is 9.58 Å². The second kappa shape index (κ2) is 15.9. The number of hydrogen-bond acceptors (Lipinski definition) is 8. The molecule has 2 aliphatic heterocycles. The average molecular weight is 717 g/mol. The number of piperazine rings is 1. The number of rotatable bonds is 10. The predicted molar refractivity (Wildman–Crippen MR) is 209 cm³/mol. The van der Waals surface area contributed by atoms with Gasteiger partial charge in [-0.2, -0.15) is 10.1 Å².